The topological polar surface area (TPSA) is 35.2 Å². The quantitative estimate of drug-likeness (QED) is 0.914. The zero-order valence-corrected chi connectivity index (χ0v) is 12.8. The predicted octanol–water partition coefficient (Wildman–Crippen LogP) is 4.20. The number of hydrogen-bond acceptors (Lipinski definition) is 2. The molecule has 0 aromatic heterocycles. The van der Waals surface area contributed by atoms with Gasteiger partial charge in [0.05, 0.1) is 6.04 Å². The van der Waals surface area contributed by atoms with Gasteiger partial charge in [-0.05, 0) is 28.7 Å². The van der Waals surface area contributed by atoms with E-state index < -0.39 is 0 Å². The van der Waals surface area contributed by atoms with Crippen molar-refractivity contribution in [2.75, 3.05) is 6.61 Å². The van der Waals surface area contributed by atoms with Crippen molar-refractivity contribution >= 4 is 0 Å². The van der Waals surface area contributed by atoms with Gasteiger partial charge in [-0.3, -0.25) is 0 Å². The summed E-state index contributed by atoms with van der Waals surface area (Å²) < 4.78 is 18.6. The lowest BCUT2D eigenvalue weighted by Gasteiger charge is -2.20. The number of hydrogen-bond donors (Lipinski definition) is 1. The predicted molar refractivity (Wildman–Crippen MR) is 84.0 cm³/mol. The number of halogens is 1. The van der Waals surface area contributed by atoms with E-state index in [0.29, 0.717) is 12.4 Å². The minimum atomic E-state index is -0.310. The Bertz CT molecular complexity index is 587. The molecule has 0 heterocycles. The minimum Gasteiger partial charge on any atom is -0.492 e. The molecule has 2 aromatic rings. The fourth-order valence-electron chi connectivity index (χ4n) is 2.07. The molecule has 2 rings (SSSR count). The summed E-state index contributed by atoms with van der Waals surface area (Å²) >= 11 is 0. The van der Waals surface area contributed by atoms with Crippen LogP contribution >= 0.6 is 0 Å². The van der Waals surface area contributed by atoms with Crippen LogP contribution in [0.1, 0.15) is 37.9 Å². The van der Waals surface area contributed by atoms with Gasteiger partial charge in [-0.15, -0.1) is 0 Å². The van der Waals surface area contributed by atoms with E-state index in [1.165, 1.54) is 17.7 Å². The van der Waals surface area contributed by atoms with Crippen molar-refractivity contribution in [2.24, 2.45) is 5.73 Å². The van der Waals surface area contributed by atoms with Gasteiger partial charge in [0.15, 0.2) is 0 Å². The molecule has 0 saturated carbocycles. The molecular formula is C18H22FNO. The zero-order chi connectivity index (χ0) is 15.5. The number of rotatable bonds is 4. The van der Waals surface area contributed by atoms with Gasteiger partial charge in [0.2, 0.25) is 0 Å². The molecule has 0 spiro atoms. The summed E-state index contributed by atoms with van der Waals surface area (Å²) in [7, 11) is 0. The van der Waals surface area contributed by atoms with Crippen LogP contribution in [0.3, 0.4) is 0 Å². The van der Waals surface area contributed by atoms with Crippen LogP contribution in [0.15, 0.2) is 48.5 Å². The smallest absolute Gasteiger partial charge is 0.126 e. The highest BCUT2D eigenvalue weighted by atomic mass is 19.1. The SMILES string of the molecule is CC(C)(C)c1ccc(C(N)COc2cccc(F)c2)cc1. The Hall–Kier alpha value is -1.87. The van der Waals surface area contributed by atoms with Gasteiger partial charge in [-0.2, -0.15) is 0 Å². The number of ether oxygens (including phenoxy) is 1. The summed E-state index contributed by atoms with van der Waals surface area (Å²) in [5.41, 5.74) is 8.53. The second-order valence-corrected chi connectivity index (χ2v) is 6.25. The summed E-state index contributed by atoms with van der Waals surface area (Å²) in [4.78, 5) is 0. The normalized spacial score (nSPS) is 13.0. The molecule has 2 nitrogen and oxygen atoms in total. The summed E-state index contributed by atoms with van der Waals surface area (Å²) in [6.45, 7) is 6.84. The molecule has 0 aliphatic heterocycles. The fraction of sp³-hybridized carbons (Fsp3) is 0.333. The molecule has 2 aromatic carbocycles. The third-order valence-corrected chi connectivity index (χ3v) is 3.43. The lowest BCUT2D eigenvalue weighted by atomic mass is 9.86. The maximum Gasteiger partial charge on any atom is 0.126 e. The average molecular weight is 287 g/mol. The second kappa shape index (κ2) is 6.27. The standard InChI is InChI=1S/C18H22FNO/c1-18(2,3)14-9-7-13(8-10-14)17(20)12-21-16-6-4-5-15(19)11-16/h4-11,17H,12,20H2,1-3H3. The Balaban J connectivity index is 1.99. The van der Waals surface area contributed by atoms with E-state index in [1.54, 1.807) is 12.1 Å². The van der Waals surface area contributed by atoms with Gasteiger partial charge < -0.3 is 10.5 Å². The summed E-state index contributed by atoms with van der Waals surface area (Å²) in [5, 5.41) is 0. The van der Waals surface area contributed by atoms with E-state index in [0.717, 1.165) is 5.56 Å². The fourth-order valence-corrected chi connectivity index (χ4v) is 2.07. The molecule has 0 bridgehead atoms. The Morgan fingerprint density at radius 3 is 2.33 bits per heavy atom. The molecule has 0 saturated heterocycles. The van der Waals surface area contributed by atoms with Crippen molar-refractivity contribution in [3.8, 4) is 5.75 Å². The summed E-state index contributed by atoms with van der Waals surface area (Å²) in [5.74, 6) is 0.187. The molecule has 0 aliphatic rings. The van der Waals surface area contributed by atoms with Crippen LogP contribution < -0.4 is 10.5 Å². The lowest BCUT2D eigenvalue weighted by Crippen LogP contribution is -2.19. The second-order valence-electron chi connectivity index (χ2n) is 6.25. The molecule has 0 aliphatic carbocycles. The average Bonchev–Trinajstić information content (AvgIpc) is 2.44. The van der Waals surface area contributed by atoms with E-state index >= 15 is 0 Å². The van der Waals surface area contributed by atoms with Crippen LogP contribution in [-0.4, -0.2) is 6.61 Å². The van der Waals surface area contributed by atoms with Crippen LogP contribution in [0.25, 0.3) is 0 Å². The van der Waals surface area contributed by atoms with Gasteiger partial charge >= 0.3 is 0 Å². The monoisotopic (exact) mass is 287 g/mol. The van der Waals surface area contributed by atoms with Crippen molar-refractivity contribution in [1.82, 2.24) is 0 Å². The molecular weight excluding hydrogens is 265 g/mol. The van der Waals surface area contributed by atoms with E-state index in [4.69, 9.17) is 10.5 Å². The maximum atomic E-state index is 13.1. The van der Waals surface area contributed by atoms with Gasteiger partial charge in [0, 0.05) is 6.07 Å². The molecule has 21 heavy (non-hydrogen) atoms. The first-order valence-electron chi connectivity index (χ1n) is 7.10. The highest BCUT2D eigenvalue weighted by Crippen LogP contribution is 2.24. The van der Waals surface area contributed by atoms with Gasteiger partial charge in [-0.1, -0.05) is 51.1 Å². The van der Waals surface area contributed by atoms with E-state index in [9.17, 15) is 4.39 Å². The van der Waals surface area contributed by atoms with E-state index in [2.05, 4.69) is 32.9 Å². The third kappa shape index (κ3) is 4.30. The van der Waals surface area contributed by atoms with Crippen molar-refractivity contribution in [1.29, 1.82) is 0 Å². The first-order valence-corrected chi connectivity index (χ1v) is 7.10. The molecule has 1 unspecified atom stereocenters. The van der Waals surface area contributed by atoms with E-state index in [1.807, 2.05) is 12.1 Å². The van der Waals surface area contributed by atoms with Crippen molar-refractivity contribution in [3.05, 3.63) is 65.5 Å². The molecule has 0 amide bonds. The maximum absolute atomic E-state index is 13.1. The third-order valence-electron chi connectivity index (χ3n) is 3.43. The van der Waals surface area contributed by atoms with Gasteiger partial charge in [-0.25, -0.2) is 4.39 Å². The molecule has 3 heteroatoms. The Labute approximate surface area is 125 Å². The van der Waals surface area contributed by atoms with Gasteiger partial charge in [0.25, 0.3) is 0 Å². The molecule has 0 radical (unpaired) electrons. The molecule has 112 valence electrons. The first-order chi connectivity index (χ1) is 9.86. The molecule has 0 fully saturated rings. The van der Waals surface area contributed by atoms with Crippen molar-refractivity contribution in [3.63, 3.8) is 0 Å². The summed E-state index contributed by atoms with van der Waals surface area (Å²) in [6.07, 6.45) is 0. The summed E-state index contributed by atoms with van der Waals surface area (Å²) in [6, 6.07) is 14.1. The van der Waals surface area contributed by atoms with Crippen molar-refractivity contribution in [2.45, 2.75) is 32.2 Å². The minimum absolute atomic E-state index is 0.126. The Morgan fingerprint density at radius 2 is 1.76 bits per heavy atom. The highest BCUT2D eigenvalue weighted by Gasteiger charge is 2.14. The number of nitrogens with two attached hydrogens (primary N) is 1. The van der Waals surface area contributed by atoms with Gasteiger partial charge in [0.1, 0.15) is 18.2 Å². The van der Waals surface area contributed by atoms with Crippen LogP contribution in [0, 0.1) is 5.82 Å². The highest BCUT2D eigenvalue weighted by molar-refractivity contribution is 5.29. The van der Waals surface area contributed by atoms with Crippen LogP contribution in [0.5, 0.6) is 5.75 Å². The first kappa shape index (κ1) is 15.5. The molecule has 2 N–H and O–H groups in total. The van der Waals surface area contributed by atoms with Crippen LogP contribution in [0.2, 0.25) is 0 Å². The van der Waals surface area contributed by atoms with Crippen LogP contribution in [-0.2, 0) is 5.41 Å². The van der Waals surface area contributed by atoms with Crippen molar-refractivity contribution < 1.29 is 9.13 Å². The lowest BCUT2D eigenvalue weighted by molar-refractivity contribution is 0.289. The Morgan fingerprint density at radius 1 is 1.10 bits per heavy atom. The molecule has 1 atom stereocenters. The Kier molecular flexibility index (Phi) is 4.63. The number of benzene rings is 2. The van der Waals surface area contributed by atoms with E-state index in [-0.39, 0.29) is 17.3 Å². The van der Waals surface area contributed by atoms with Crippen LogP contribution in [0.4, 0.5) is 4.39 Å². The zero-order valence-electron chi connectivity index (χ0n) is 12.8. The largest absolute Gasteiger partial charge is 0.492 e.